The molecule has 3 heteroatoms. The van der Waals surface area contributed by atoms with E-state index in [2.05, 4.69) is 66.6 Å². The highest BCUT2D eigenvalue weighted by Gasteiger charge is 2.40. The van der Waals surface area contributed by atoms with Gasteiger partial charge in [0.15, 0.2) is 8.32 Å². The second-order valence-corrected chi connectivity index (χ2v) is 12.5. The zero-order chi connectivity index (χ0) is 13.8. The minimum absolute atomic E-state index is 0.305. The van der Waals surface area contributed by atoms with Crippen LogP contribution in [0.4, 0.5) is 0 Å². The van der Waals surface area contributed by atoms with Crippen molar-refractivity contribution in [1.82, 2.24) is 0 Å². The Hall–Kier alpha value is 0.647. The Kier molecular flexibility index (Phi) is 6.39. The van der Waals surface area contributed by atoms with Gasteiger partial charge in [0.25, 0.3) is 0 Å². The molecule has 18 heavy (non-hydrogen) atoms. The molecule has 1 nitrogen and oxygen atoms in total. The fraction of sp³-hybridized carbons (Fsp3) is 0.867. The third-order valence-corrected chi connectivity index (χ3v) is 9.50. The van der Waals surface area contributed by atoms with E-state index < -0.39 is 8.32 Å². The van der Waals surface area contributed by atoms with Crippen molar-refractivity contribution in [2.75, 3.05) is 0 Å². The van der Waals surface area contributed by atoms with E-state index in [4.69, 9.17) is 4.43 Å². The van der Waals surface area contributed by atoms with Crippen molar-refractivity contribution in [3.63, 3.8) is 0 Å². The third kappa shape index (κ3) is 4.64. The molecule has 0 N–H and O–H groups in total. The Bertz CT molecular complexity index is 275. The van der Waals surface area contributed by atoms with Gasteiger partial charge in [-0.2, -0.15) is 0 Å². The maximum absolute atomic E-state index is 6.63. The molecule has 0 heterocycles. The highest BCUT2D eigenvalue weighted by Crippen LogP contribution is 2.40. The van der Waals surface area contributed by atoms with Crippen molar-refractivity contribution in [3.8, 4) is 0 Å². The molecule has 0 radical (unpaired) electrons. The SMILES string of the molecule is CC(C)(C)[Si](C)(C)OC(C=CI)C1CCCCC1. The Morgan fingerprint density at radius 2 is 1.72 bits per heavy atom. The third-order valence-electron chi connectivity index (χ3n) is 4.61. The summed E-state index contributed by atoms with van der Waals surface area (Å²) in [5.74, 6) is 0.749. The monoisotopic (exact) mass is 380 g/mol. The van der Waals surface area contributed by atoms with Crippen LogP contribution < -0.4 is 0 Å². The second-order valence-electron chi connectivity index (χ2n) is 7.06. The van der Waals surface area contributed by atoms with E-state index in [9.17, 15) is 0 Å². The summed E-state index contributed by atoms with van der Waals surface area (Å²) in [7, 11) is -1.64. The van der Waals surface area contributed by atoms with Gasteiger partial charge in [-0.05, 0) is 41.0 Å². The molecule has 0 aromatic carbocycles. The molecule has 0 aromatic heterocycles. The molecule has 106 valence electrons. The van der Waals surface area contributed by atoms with Crippen molar-refractivity contribution in [1.29, 1.82) is 0 Å². The largest absolute Gasteiger partial charge is 0.410 e. The van der Waals surface area contributed by atoms with Crippen molar-refractivity contribution < 1.29 is 4.43 Å². The molecule has 1 aliphatic carbocycles. The summed E-state index contributed by atoms with van der Waals surface area (Å²) in [5.41, 5.74) is 0. The molecular formula is C15H29IOSi. The summed E-state index contributed by atoms with van der Waals surface area (Å²) in [4.78, 5) is 0. The van der Waals surface area contributed by atoms with E-state index in [1.807, 2.05) is 0 Å². The Morgan fingerprint density at radius 1 is 1.17 bits per heavy atom. The topological polar surface area (TPSA) is 9.23 Å². The van der Waals surface area contributed by atoms with Crippen LogP contribution in [0.15, 0.2) is 10.2 Å². The van der Waals surface area contributed by atoms with Crippen LogP contribution in [0, 0.1) is 5.92 Å². The molecule has 0 amide bonds. The number of rotatable bonds is 4. The van der Waals surface area contributed by atoms with Gasteiger partial charge in [-0.25, -0.2) is 0 Å². The molecule has 0 aromatic rings. The second kappa shape index (κ2) is 6.89. The zero-order valence-corrected chi connectivity index (χ0v) is 15.8. The Labute approximate surface area is 128 Å². The van der Waals surface area contributed by atoms with Crippen LogP contribution in [0.25, 0.3) is 0 Å². The molecule has 0 saturated heterocycles. The van der Waals surface area contributed by atoms with E-state index in [-0.39, 0.29) is 0 Å². The van der Waals surface area contributed by atoms with E-state index in [0.717, 1.165) is 5.92 Å². The lowest BCUT2D eigenvalue weighted by Gasteiger charge is -2.41. The summed E-state index contributed by atoms with van der Waals surface area (Å²) in [6, 6.07) is 0. The highest BCUT2D eigenvalue weighted by atomic mass is 127. The van der Waals surface area contributed by atoms with Crippen LogP contribution in [0.3, 0.4) is 0 Å². The predicted octanol–water partition coefficient (Wildman–Crippen LogP) is 5.91. The summed E-state index contributed by atoms with van der Waals surface area (Å²) in [6.07, 6.45) is 9.52. The molecular weight excluding hydrogens is 351 g/mol. The van der Waals surface area contributed by atoms with Crippen LogP contribution in [0.2, 0.25) is 18.1 Å². The number of hydrogen-bond donors (Lipinski definition) is 0. The average molecular weight is 380 g/mol. The maximum Gasteiger partial charge on any atom is 0.192 e. The quantitative estimate of drug-likeness (QED) is 0.435. The standard InChI is InChI=1S/C15H29IOSi/c1-15(2,3)18(4,5)17-14(11-12-16)13-9-7-6-8-10-13/h11-14H,6-10H2,1-5H3. The lowest BCUT2D eigenvalue weighted by Crippen LogP contribution is -2.45. The molecule has 1 atom stereocenters. The van der Waals surface area contributed by atoms with Crippen LogP contribution in [-0.4, -0.2) is 14.4 Å². The first-order valence-electron chi connectivity index (χ1n) is 7.22. The molecule has 0 aliphatic heterocycles. The first-order chi connectivity index (χ1) is 8.28. The van der Waals surface area contributed by atoms with Gasteiger partial charge >= 0.3 is 0 Å². The minimum atomic E-state index is -1.64. The molecule has 1 aliphatic rings. The minimum Gasteiger partial charge on any atom is -0.410 e. The first-order valence-corrected chi connectivity index (χ1v) is 11.4. The number of halogens is 1. The van der Waals surface area contributed by atoms with Crippen LogP contribution in [0.1, 0.15) is 52.9 Å². The van der Waals surface area contributed by atoms with Gasteiger partial charge in [-0.3, -0.25) is 0 Å². The fourth-order valence-corrected chi connectivity index (χ4v) is 4.06. The van der Waals surface area contributed by atoms with E-state index in [0.29, 0.717) is 11.1 Å². The van der Waals surface area contributed by atoms with Crippen molar-refractivity contribution >= 4 is 30.9 Å². The summed E-state index contributed by atoms with van der Waals surface area (Å²) >= 11 is 2.33. The van der Waals surface area contributed by atoms with E-state index in [1.54, 1.807) is 0 Å². The Balaban J connectivity index is 2.73. The first kappa shape index (κ1) is 16.7. The summed E-state index contributed by atoms with van der Waals surface area (Å²) in [5, 5.41) is 0.305. The molecule has 1 fully saturated rings. The van der Waals surface area contributed by atoms with Gasteiger partial charge in [0.05, 0.1) is 6.10 Å². The molecule has 1 saturated carbocycles. The van der Waals surface area contributed by atoms with Crippen molar-refractivity contribution in [3.05, 3.63) is 10.2 Å². The fourth-order valence-electron chi connectivity index (χ4n) is 2.34. The van der Waals surface area contributed by atoms with Crippen molar-refractivity contribution in [2.45, 2.75) is 77.1 Å². The average Bonchev–Trinajstić information content (AvgIpc) is 2.28. The van der Waals surface area contributed by atoms with Crippen LogP contribution in [-0.2, 0) is 4.43 Å². The maximum atomic E-state index is 6.63. The number of hydrogen-bond acceptors (Lipinski definition) is 1. The van der Waals surface area contributed by atoms with Crippen molar-refractivity contribution in [2.24, 2.45) is 5.92 Å². The van der Waals surface area contributed by atoms with Gasteiger partial charge in [0.2, 0.25) is 0 Å². The molecule has 0 spiro atoms. The molecule has 0 bridgehead atoms. The summed E-state index contributed by atoms with van der Waals surface area (Å²) in [6.45, 7) is 11.7. The van der Waals surface area contributed by atoms with Crippen LogP contribution >= 0.6 is 22.6 Å². The van der Waals surface area contributed by atoms with Crippen LogP contribution in [0.5, 0.6) is 0 Å². The normalized spacial score (nSPS) is 21.4. The zero-order valence-electron chi connectivity index (χ0n) is 12.6. The van der Waals surface area contributed by atoms with E-state index in [1.165, 1.54) is 32.1 Å². The molecule has 1 unspecified atom stereocenters. The molecule has 1 rings (SSSR count). The van der Waals surface area contributed by atoms with Gasteiger partial charge in [-0.1, -0.05) is 68.7 Å². The van der Waals surface area contributed by atoms with Gasteiger partial charge < -0.3 is 4.43 Å². The lowest BCUT2D eigenvalue weighted by atomic mass is 9.85. The van der Waals surface area contributed by atoms with Gasteiger partial charge in [-0.15, -0.1) is 0 Å². The van der Waals surface area contributed by atoms with E-state index >= 15 is 0 Å². The van der Waals surface area contributed by atoms with Gasteiger partial charge in [0, 0.05) is 0 Å². The highest BCUT2D eigenvalue weighted by molar-refractivity contribution is 14.1. The summed E-state index contributed by atoms with van der Waals surface area (Å²) < 4.78 is 8.77. The predicted molar refractivity (Wildman–Crippen MR) is 91.8 cm³/mol. The smallest absolute Gasteiger partial charge is 0.192 e. The Morgan fingerprint density at radius 3 is 2.17 bits per heavy atom. The lowest BCUT2D eigenvalue weighted by molar-refractivity contribution is 0.132. The van der Waals surface area contributed by atoms with Gasteiger partial charge in [0.1, 0.15) is 0 Å².